The first kappa shape index (κ1) is 17.6. The Morgan fingerprint density at radius 1 is 1.07 bits per heavy atom. The molecule has 0 radical (unpaired) electrons. The first-order valence-electron chi connectivity index (χ1n) is 9.23. The summed E-state index contributed by atoms with van der Waals surface area (Å²) in [6.45, 7) is 7.08. The molecule has 1 aliphatic rings. The van der Waals surface area contributed by atoms with Crippen LogP contribution in [0.5, 0.6) is 0 Å². The third kappa shape index (κ3) is 4.14. The number of nitrogens with zero attached hydrogens (tertiary/aromatic N) is 3. The summed E-state index contributed by atoms with van der Waals surface area (Å²) in [5, 5.41) is 3.14. The van der Waals surface area contributed by atoms with Crippen molar-refractivity contribution in [3.8, 4) is 0 Å². The number of aromatic nitrogens is 2. The molecule has 5 heteroatoms. The fraction of sp³-hybridized carbons (Fsp3) is 0.273. The van der Waals surface area contributed by atoms with E-state index in [0.29, 0.717) is 5.95 Å². The summed E-state index contributed by atoms with van der Waals surface area (Å²) in [6, 6.07) is 12.9. The molecule has 0 saturated carbocycles. The van der Waals surface area contributed by atoms with Crippen LogP contribution in [0.3, 0.4) is 0 Å². The molecule has 0 atom stereocenters. The average Bonchev–Trinajstić information content (AvgIpc) is 2.67. The summed E-state index contributed by atoms with van der Waals surface area (Å²) in [6.07, 6.45) is 2.81. The highest BCUT2D eigenvalue weighted by molar-refractivity contribution is 5.53. The fourth-order valence-corrected chi connectivity index (χ4v) is 3.39. The smallest absolute Gasteiger partial charge is 0.227 e. The van der Waals surface area contributed by atoms with E-state index in [1.165, 1.54) is 34.4 Å². The van der Waals surface area contributed by atoms with Gasteiger partial charge in [-0.2, -0.15) is 0 Å². The molecule has 0 unspecified atom stereocenters. The highest BCUT2D eigenvalue weighted by Crippen LogP contribution is 2.22. The van der Waals surface area contributed by atoms with Crippen molar-refractivity contribution in [1.82, 2.24) is 14.9 Å². The van der Waals surface area contributed by atoms with Gasteiger partial charge in [-0.15, -0.1) is 0 Å². The molecule has 27 heavy (non-hydrogen) atoms. The van der Waals surface area contributed by atoms with E-state index in [-0.39, 0.29) is 5.82 Å². The predicted octanol–water partition coefficient (Wildman–Crippen LogP) is 4.53. The van der Waals surface area contributed by atoms with Gasteiger partial charge in [-0.1, -0.05) is 18.2 Å². The van der Waals surface area contributed by atoms with Crippen LogP contribution in [-0.4, -0.2) is 21.4 Å². The van der Waals surface area contributed by atoms with Crippen LogP contribution < -0.4 is 5.32 Å². The molecule has 0 bridgehead atoms. The number of hydrogen-bond donors (Lipinski definition) is 1. The largest absolute Gasteiger partial charge is 0.324 e. The Balaban J connectivity index is 1.44. The Bertz CT molecular complexity index is 953. The van der Waals surface area contributed by atoms with Gasteiger partial charge < -0.3 is 5.32 Å². The molecule has 4 nitrogen and oxygen atoms in total. The molecule has 2 aromatic carbocycles. The summed E-state index contributed by atoms with van der Waals surface area (Å²) in [7, 11) is 0. The summed E-state index contributed by atoms with van der Waals surface area (Å²) in [5.74, 6) is 0.304. The minimum atomic E-state index is -0.254. The Morgan fingerprint density at radius 2 is 1.89 bits per heavy atom. The zero-order valence-electron chi connectivity index (χ0n) is 15.7. The number of rotatable bonds is 4. The van der Waals surface area contributed by atoms with Crippen LogP contribution in [0.4, 0.5) is 16.0 Å². The summed E-state index contributed by atoms with van der Waals surface area (Å²) < 4.78 is 13.0. The monoisotopic (exact) mass is 362 g/mol. The van der Waals surface area contributed by atoms with E-state index in [9.17, 15) is 4.39 Å². The highest BCUT2D eigenvalue weighted by Gasteiger charge is 2.18. The maximum Gasteiger partial charge on any atom is 0.227 e. The van der Waals surface area contributed by atoms with Crippen LogP contribution in [0, 0.1) is 19.7 Å². The van der Waals surface area contributed by atoms with Crippen molar-refractivity contribution in [3.63, 3.8) is 0 Å². The predicted molar refractivity (Wildman–Crippen MR) is 105 cm³/mol. The number of nitrogens with one attached hydrogen (secondary N) is 1. The van der Waals surface area contributed by atoms with Crippen molar-refractivity contribution in [2.24, 2.45) is 0 Å². The summed E-state index contributed by atoms with van der Waals surface area (Å²) >= 11 is 0. The lowest BCUT2D eigenvalue weighted by molar-refractivity contribution is 0.243. The molecular formula is C22H23FN4. The summed E-state index contributed by atoms with van der Waals surface area (Å²) in [4.78, 5) is 11.5. The van der Waals surface area contributed by atoms with Crippen molar-refractivity contribution in [2.75, 3.05) is 11.9 Å². The second-order valence-corrected chi connectivity index (χ2v) is 7.18. The van der Waals surface area contributed by atoms with E-state index < -0.39 is 0 Å². The van der Waals surface area contributed by atoms with Crippen molar-refractivity contribution in [3.05, 3.63) is 82.4 Å². The normalized spacial score (nSPS) is 14.0. The number of halogens is 1. The van der Waals surface area contributed by atoms with Gasteiger partial charge in [0, 0.05) is 43.5 Å². The standard InChI is InChI=1S/C22H23FN4/c1-15-3-4-17(11-16(15)2)13-27-10-9-21-18(14-27)12-24-22(26-21)25-20-7-5-19(23)6-8-20/h3-8,11-12H,9-10,13-14H2,1-2H3,(H,24,25,26). The molecule has 1 aromatic heterocycles. The summed E-state index contributed by atoms with van der Waals surface area (Å²) in [5.41, 5.74) is 7.06. The van der Waals surface area contributed by atoms with E-state index in [1.54, 1.807) is 12.1 Å². The van der Waals surface area contributed by atoms with E-state index in [2.05, 4.69) is 52.2 Å². The second-order valence-electron chi connectivity index (χ2n) is 7.18. The average molecular weight is 362 g/mol. The Morgan fingerprint density at radius 3 is 2.67 bits per heavy atom. The van der Waals surface area contributed by atoms with Gasteiger partial charge in [0.2, 0.25) is 5.95 Å². The molecule has 0 aliphatic carbocycles. The fourth-order valence-electron chi connectivity index (χ4n) is 3.39. The van der Waals surface area contributed by atoms with Crippen LogP contribution in [0.2, 0.25) is 0 Å². The second kappa shape index (κ2) is 7.45. The van der Waals surface area contributed by atoms with Gasteiger partial charge in [0.1, 0.15) is 5.82 Å². The zero-order chi connectivity index (χ0) is 18.8. The van der Waals surface area contributed by atoms with Crippen LogP contribution in [0.1, 0.15) is 27.9 Å². The van der Waals surface area contributed by atoms with Gasteiger partial charge in [0.25, 0.3) is 0 Å². The molecule has 138 valence electrons. The van der Waals surface area contributed by atoms with Gasteiger partial charge in [-0.3, -0.25) is 4.90 Å². The molecular weight excluding hydrogens is 339 g/mol. The molecule has 2 heterocycles. The van der Waals surface area contributed by atoms with Crippen LogP contribution in [0.15, 0.2) is 48.7 Å². The van der Waals surface area contributed by atoms with E-state index in [4.69, 9.17) is 0 Å². The highest BCUT2D eigenvalue weighted by atomic mass is 19.1. The van der Waals surface area contributed by atoms with Crippen LogP contribution in [0.25, 0.3) is 0 Å². The number of aryl methyl sites for hydroxylation is 2. The van der Waals surface area contributed by atoms with E-state index in [1.807, 2.05) is 6.20 Å². The van der Waals surface area contributed by atoms with E-state index >= 15 is 0 Å². The quantitative estimate of drug-likeness (QED) is 0.740. The minimum absolute atomic E-state index is 0.254. The molecule has 1 N–H and O–H groups in total. The third-order valence-corrected chi connectivity index (χ3v) is 5.09. The lowest BCUT2D eigenvalue weighted by Crippen LogP contribution is -2.31. The topological polar surface area (TPSA) is 41.1 Å². The Labute approximate surface area is 159 Å². The maximum atomic E-state index is 13.0. The van der Waals surface area contributed by atoms with E-state index in [0.717, 1.165) is 37.4 Å². The van der Waals surface area contributed by atoms with Crippen LogP contribution >= 0.6 is 0 Å². The third-order valence-electron chi connectivity index (χ3n) is 5.09. The van der Waals surface area contributed by atoms with Gasteiger partial charge in [0.15, 0.2) is 0 Å². The van der Waals surface area contributed by atoms with Crippen molar-refractivity contribution in [2.45, 2.75) is 33.4 Å². The van der Waals surface area contributed by atoms with Crippen molar-refractivity contribution in [1.29, 1.82) is 0 Å². The van der Waals surface area contributed by atoms with Gasteiger partial charge in [-0.25, -0.2) is 14.4 Å². The van der Waals surface area contributed by atoms with Gasteiger partial charge in [0.05, 0.1) is 5.69 Å². The molecule has 1 aliphatic heterocycles. The number of anilines is 2. The first-order chi connectivity index (χ1) is 13.1. The molecule has 4 rings (SSSR count). The molecule has 0 saturated heterocycles. The van der Waals surface area contributed by atoms with Crippen molar-refractivity contribution >= 4 is 11.6 Å². The molecule has 0 amide bonds. The minimum Gasteiger partial charge on any atom is -0.324 e. The Hall–Kier alpha value is -2.79. The number of hydrogen-bond acceptors (Lipinski definition) is 4. The van der Waals surface area contributed by atoms with Crippen LogP contribution in [-0.2, 0) is 19.5 Å². The molecule has 3 aromatic rings. The number of fused-ring (bicyclic) bond motifs is 1. The number of benzene rings is 2. The lowest BCUT2D eigenvalue weighted by Gasteiger charge is -2.28. The maximum absolute atomic E-state index is 13.0. The molecule has 0 fully saturated rings. The SMILES string of the molecule is Cc1ccc(CN2CCc3nc(Nc4ccc(F)cc4)ncc3C2)cc1C. The van der Waals surface area contributed by atoms with Crippen molar-refractivity contribution < 1.29 is 4.39 Å². The zero-order valence-corrected chi connectivity index (χ0v) is 15.7. The Kier molecular flexibility index (Phi) is 4.86. The van der Waals surface area contributed by atoms with Gasteiger partial charge >= 0.3 is 0 Å². The first-order valence-corrected chi connectivity index (χ1v) is 9.23. The lowest BCUT2D eigenvalue weighted by atomic mass is 10.0. The molecule has 0 spiro atoms. The van der Waals surface area contributed by atoms with Gasteiger partial charge in [-0.05, 0) is 54.8 Å².